The van der Waals surface area contributed by atoms with Gasteiger partial charge in [0.1, 0.15) is 19.8 Å². The Labute approximate surface area is 426 Å². The standard InChI is InChI=1S/C59H108NO8P/c1-6-8-10-12-14-16-18-20-22-24-25-26-27-28-29-30-31-32-33-34-36-37-39-41-43-45-47-49-51-58(61)65-55-57(56-67-69(63,64)66-54-53-60(3,4)5)68-59(62)52-50-48-46-44-42-40-38-35-23-21-19-17-15-13-11-9-7-2/h9,11,15,17,21,23,38,40,44,46,57H,6-8,10,12-14,16,18-20,22,24-37,39,41-43,45,47-56H2,1-5H3/b11-9-,17-15-,23-21-,40-38-,46-44-. The Kier molecular flexibility index (Phi) is 49.0. The molecule has 0 amide bonds. The van der Waals surface area contributed by atoms with Crippen LogP contribution in [0.2, 0.25) is 0 Å². The van der Waals surface area contributed by atoms with Gasteiger partial charge >= 0.3 is 11.9 Å². The molecular formula is C59H108NO8P. The summed E-state index contributed by atoms with van der Waals surface area (Å²) in [5.41, 5.74) is 0. The van der Waals surface area contributed by atoms with E-state index in [9.17, 15) is 19.0 Å². The molecule has 2 atom stereocenters. The summed E-state index contributed by atoms with van der Waals surface area (Å²) in [6.07, 6.45) is 64.4. The first-order valence-electron chi connectivity index (χ1n) is 28.5. The molecule has 69 heavy (non-hydrogen) atoms. The van der Waals surface area contributed by atoms with Gasteiger partial charge in [0.2, 0.25) is 0 Å². The average molecular weight is 990 g/mol. The lowest BCUT2D eigenvalue weighted by molar-refractivity contribution is -0.870. The summed E-state index contributed by atoms with van der Waals surface area (Å²) in [6.45, 7) is 4.08. The number of likely N-dealkylation sites (N-methyl/N-ethyl adjacent to an activating group) is 1. The van der Waals surface area contributed by atoms with Crippen molar-refractivity contribution >= 4 is 19.8 Å². The first-order chi connectivity index (χ1) is 33.5. The Morgan fingerprint density at radius 1 is 0.464 bits per heavy atom. The van der Waals surface area contributed by atoms with Crippen molar-refractivity contribution in [3.05, 3.63) is 60.8 Å². The molecule has 0 aliphatic heterocycles. The Bertz CT molecular complexity index is 1350. The maximum absolute atomic E-state index is 12.7. The third-order valence-corrected chi connectivity index (χ3v) is 13.3. The number of phosphoric acid groups is 1. The highest BCUT2D eigenvalue weighted by molar-refractivity contribution is 7.45. The van der Waals surface area contributed by atoms with Crippen LogP contribution in [-0.4, -0.2) is 70.0 Å². The second-order valence-corrected chi connectivity index (χ2v) is 21.7. The summed E-state index contributed by atoms with van der Waals surface area (Å²) in [7, 11) is 1.13. The van der Waals surface area contributed by atoms with E-state index in [0.717, 1.165) is 51.4 Å². The van der Waals surface area contributed by atoms with Crippen LogP contribution in [0, 0.1) is 0 Å². The zero-order valence-electron chi connectivity index (χ0n) is 45.5. The van der Waals surface area contributed by atoms with Crippen LogP contribution in [-0.2, 0) is 32.7 Å². The highest BCUT2D eigenvalue weighted by Crippen LogP contribution is 2.38. The van der Waals surface area contributed by atoms with Crippen LogP contribution in [0.3, 0.4) is 0 Å². The van der Waals surface area contributed by atoms with E-state index in [1.165, 1.54) is 161 Å². The Morgan fingerprint density at radius 3 is 1.22 bits per heavy atom. The van der Waals surface area contributed by atoms with Gasteiger partial charge in [-0.15, -0.1) is 0 Å². The minimum Gasteiger partial charge on any atom is -0.756 e. The van der Waals surface area contributed by atoms with Gasteiger partial charge in [0.25, 0.3) is 7.82 Å². The minimum atomic E-state index is -4.65. The zero-order chi connectivity index (χ0) is 50.6. The molecule has 0 spiro atoms. The molecule has 0 aliphatic carbocycles. The summed E-state index contributed by atoms with van der Waals surface area (Å²) in [5.74, 6) is -0.895. The van der Waals surface area contributed by atoms with Gasteiger partial charge < -0.3 is 27.9 Å². The molecule has 0 heterocycles. The summed E-state index contributed by atoms with van der Waals surface area (Å²) in [6, 6.07) is 0. The third kappa shape index (κ3) is 54.9. The molecular weight excluding hydrogens is 882 g/mol. The quantitative estimate of drug-likeness (QED) is 0.0195. The van der Waals surface area contributed by atoms with Crippen LogP contribution in [0.4, 0.5) is 0 Å². The van der Waals surface area contributed by atoms with E-state index in [2.05, 4.69) is 68.5 Å². The fraction of sp³-hybridized carbons (Fsp3) is 0.797. The molecule has 0 fully saturated rings. The molecule has 402 valence electrons. The normalized spacial score (nSPS) is 13.8. The first kappa shape index (κ1) is 66.7. The van der Waals surface area contributed by atoms with Crippen LogP contribution < -0.4 is 4.89 Å². The van der Waals surface area contributed by atoms with E-state index in [0.29, 0.717) is 23.9 Å². The Morgan fingerprint density at radius 2 is 0.826 bits per heavy atom. The van der Waals surface area contributed by atoms with Crippen LogP contribution >= 0.6 is 7.82 Å². The molecule has 0 saturated heterocycles. The molecule has 0 aromatic heterocycles. The number of phosphoric ester groups is 1. The molecule has 0 bridgehead atoms. The average Bonchev–Trinajstić information content (AvgIpc) is 3.31. The largest absolute Gasteiger partial charge is 0.756 e. The number of ether oxygens (including phenoxy) is 2. The molecule has 0 aromatic carbocycles. The number of unbranched alkanes of at least 4 members (excludes halogenated alkanes) is 28. The lowest BCUT2D eigenvalue weighted by atomic mass is 10.0. The maximum Gasteiger partial charge on any atom is 0.306 e. The molecule has 0 radical (unpaired) electrons. The number of esters is 2. The van der Waals surface area contributed by atoms with E-state index in [-0.39, 0.29) is 26.1 Å². The molecule has 2 unspecified atom stereocenters. The van der Waals surface area contributed by atoms with E-state index in [1.807, 2.05) is 27.2 Å². The monoisotopic (exact) mass is 990 g/mol. The van der Waals surface area contributed by atoms with E-state index < -0.39 is 32.5 Å². The topological polar surface area (TPSA) is 111 Å². The van der Waals surface area contributed by atoms with Crippen molar-refractivity contribution in [3.63, 3.8) is 0 Å². The maximum atomic E-state index is 12.7. The van der Waals surface area contributed by atoms with Crippen molar-refractivity contribution in [2.75, 3.05) is 47.5 Å². The van der Waals surface area contributed by atoms with Gasteiger partial charge in [0, 0.05) is 12.8 Å². The van der Waals surface area contributed by atoms with Crippen LogP contribution in [0.5, 0.6) is 0 Å². The molecule has 10 heteroatoms. The third-order valence-electron chi connectivity index (χ3n) is 12.3. The number of carbonyl (C=O) groups excluding carboxylic acids is 2. The molecule has 0 rings (SSSR count). The van der Waals surface area contributed by atoms with E-state index in [4.69, 9.17) is 18.5 Å². The minimum absolute atomic E-state index is 0.0425. The zero-order valence-corrected chi connectivity index (χ0v) is 46.4. The lowest BCUT2D eigenvalue weighted by Gasteiger charge is -2.28. The smallest absolute Gasteiger partial charge is 0.306 e. The second kappa shape index (κ2) is 50.6. The van der Waals surface area contributed by atoms with Crippen molar-refractivity contribution in [3.8, 4) is 0 Å². The SMILES string of the molecule is CC/C=C\C/C=C\C/C=C\C/C=C\C/C=C\CCCC(=O)OC(COC(=O)CCCCCCCCCCCCCCCCCCCCCCCCCCCCCC)COP(=O)([O-])OCC[N+](C)(C)C. The number of quaternary nitrogens is 1. The number of carbonyl (C=O) groups is 2. The van der Waals surface area contributed by atoms with E-state index in [1.54, 1.807) is 0 Å². The van der Waals surface area contributed by atoms with Crippen LogP contribution in [0.25, 0.3) is 0 Å². The van der Waals surface area contributed by atoms with Gasteiger partial charge in [-0.3, -0.25) is 14.2 Å². The van der Waals surface area contributed by atoms with Gasteiger partial charge in [0.15, 0.2) is 6.10 Å². The summed E-state index contributed by atoms with van der Waals surface area (Å²) in [5, 5.41) is 0. The van der Waals surface area contributed by atoms with Crippen molar-refractivity contribution in [1.82, 2.24) is 0 Å². The van der Waals surface area contributed by atoms with Crippen molar-refractivity contribution in [2.45, 2.75) is 258 Å². The lowest BCUT2D eigenvalue weighted by Crippen LogP contribution is -2.37. The molecule has 0 N–H and O–H groups in total. The van der Waals surface area contributed by atoms with Crippen LogP contribution in [0.1, 0.15) is 251 Å². The number of allylic oxidation sites excluding steroid dienone is 10. The van der Waals surface area contributed by atoms with Crippen molar-refractivity contribution in [1.29, 1.82) is 0 Å². The Hall–Kier alpha value is -2.29. The fourth-order valence-corrected chi connectivity index (χ4v) is 8.66. The summed E-state index contributed by atoms with van der Waals surface area (Å²) >= 11 is 0. The second-order valence-electron chi connectivity index (χ2n) is 20.3. The number of hydrogen-bond donors (Lipinski definition) is 0. The number of nitrogens with zero attached hydrogens (tertiary/aromatic N) is 1. The summed E-state index contributed by atoms with van der Waals surface area (Å²) in [4.78, 5) is 37.8. The number of hydrogen-bond acceptors (Lipinski definition) is 8. The molecule has 9 nitrogen and oxygen atoms in total. The van der Waals surface area contributed by atoms with Gasteiger partial charge in [-0.25, -0.2) is 0 Å². The molecule has 0 aromatic rings. The predicted molar refractivity (Wildman–Crippen MR) is 291 cm³/mol. The van der Waals surface area contributed by atoms with Gasteiger partial charge in [-0.1, -0.05) is 248 Å². The summed E-state index contributed by atoms with van der Waals surface area (Å²) < 4.78 is 34.0. The number of rotatable bonds is 52. The van der Waals surface area contributed by atoms with E-state index >= 15 is 0 Å². The Balaban J connectivity index is 4.14. The van der Waals surface area contributed by atoms with Gasteiger partial charge in [0.05, 0.1) is 27.7 Å². The first-order valence-corrected chi connectivity index (χ1v) is 30.0. The molecule has 0 aliphatic rings. The predicted octanol–water partition coefficient (Wildman–Crippen LogP) is 16.9. The van der Waals surface area contributed by atoms with Gasteiger partial charge in [-0.05, 0) is 51.4 Å². The highest BCUT2D eigenvalue weighted by atomic mass is 31.2. The fourth-order valence-electron chi connectivity index (χ4n) is 7.93. The molecule has 0 saturated carbocycles. The van der Waals surface area contributed by atoms with Crippen molar-refractivity contribution < 1.29 is 42.1 Å². The van der Waals surface area contributed by atoms with Gasteiger partial charge in [-0.2, -0.15) is 0 Å². The van der Waals surface area contributed by atoms with Crippen molar-refractivity contribution in [2.24, 2.45) is 0 Å². The highest BCUT2D eigenvalue weighted by Gasteiger charge is 2.21. The van der Waals surface area contributed by atoms with Crippen LogP contribution in [0.15, 0.2) is 60.8 Å².